The SMILES string of the molecule is CC(C)(C)OC(=O)NCCOc1ccc(Br)cn1. The number of nitrogens with zero attached hydrogens (tertiary/aromatic N) is 1. The van der Waals surface area contributed by atoms with E-state index in [9.17, 15) is 4.79 Å². The van der Waals surface area contributed by atoms with Crippen molar-refractivity contribution in [1.29, 1.82) is 0 Å². The average Bonchev–Trinajstić information content (AvgIpc) is 2.24. The van der Waals surface area contributed by atoms with Crippen LogP contribution in [0.1, 0.15) is 20.8 Å². The highest BCUT2D eigenvalue weighted by Gasteiger charge is 2.15. The molecule has 0 unspecified atom stereocenters. The van der Waals surface area contributed by atoms with Crippen molar-refractivity contribution < 1.29 is 14.3 Å². The number of ether oxygens (including phenoxy) is 2. The van der Waals surface area contributed by atoms with Gasteiger partial charge in [-0.25, -0.2) is 9.78 Å². The summed E-state index contributed by atoms with van der Waals surface area (Å²) in [5.74, 6) is 0.518. The minimum absolute atomic E-state index is 0.341. The molecule has 0 atom stereocenters. The summed E-state index contributed by atoms with van der Waals surface area (Å²) < 4.78 is 11.3. The van der Waals surface area contributed by atoms with Crippen LogP contribution in [-0.4, -0.2) is 29.8 Å². The van der Waals surface area contributed by atoms with Crippen LogP contribution in [0.2, 0.25) is 0 Å². The van der Waals surface area contributed by atoms with Crippen molar-refractivity contribution in [1.82, 2.24) is 10.3 Å². The zero-order valence-electron chi connectivity index (χ0n) is 10.7. The second kappa shape index (κ2) is 6.58. The molecule has 1 rings (SSSR count). The number of hydrogen-bond acceptors (Lipinski definition) is 4. The summed E-state index contributed by atoms with van der Waals surface area (Å²) in [6, 6.07) is 3.58. The highest BCUT2D eigenvalue weighted by molar-refractivity contribution is 9.10. The minimum atomic E-state index is -0.488. The largest absolute Gasteiger partial charge is 0.476 e. The monoisotopic (exact) mass is 316 g/mol. The molecule has 0 spiro atoms. The molecule has 1 aromatic rings. The Morgan fingerprint density at radius 2 is 2.17 bits per heavy atom. The van der Waals surface area contributed by atoms with Gasteiger partial charge in [-0.15, -0.1) is 0 Å². The predicted octanol–water partition coefficient (Wildman–Crippen LogP) is 2.75. The highest BCUT2D eigenvalue weighted by Crippen LogP contribution is 2.11. The lowest BCUT2D eigenvalue weighted by molar-refractivity contribution is 0.0520. The van der Waals surface area contributed by atoms with E-state index in [2.05, 4.69) is 26.2 Å². The third kappa shape index (κ3) is 6.44. The Bertz CT molecular complexity index is 387. The molecule has 1 amide bonds. The molecule has 0 radical (unpaired) electrons. The summed E-state index contributed by atoms with van der Waals surface area (Å²) >= 11 is 3.28. The van der Waals surface area contributed by atoms with Crippen molar-refractivity contribution in [2.24, 2.45) is 0 Å². The van der Waals surface area contributed by atoms with E-state index < -0.39 is 11.7 Å². The van der Waals surface area contributed by atoms with Crippen LogP contribution in [0.25, 0.3) is 0 Å². The maximum absolute atomic E-state index is 11.3. The van der Waals surface area contributed by atoms with Crippen LogP contribution in [0.15, 0.2) is 22.8 Å². The Morgan fingerprint density at radius 1 is 1.44 bits per heavy atom. The number of hydrogen-bond donors (Lipinski definition) is 1. The number of nitrogens with one attached hydrogen (secondary N) is 1. The van der Waals surface area contributed by atoms with Crippen LogP contribution in [0.4, 0.5) is 4.79 Å². The van der Waals surface area contributed by atoms with Gasteiger partial charge in [0, 0.05) is 16.7 Å². The molecule has 0 saturated carbocycles. The first-order chi connectivity index (χ1) is 8.37. The summed E-state index contributed by atoms with van der Waals surface area (Å²) in [5, 5.41) is 2.60. The molecule has 0 fully saturated rings. The zero-order valence-corrected chi connectivity index (χ0v) is 12.3. The fourth-order valence-corrected chi connectivity index (χ4v) is 1.31. The summed E-state index contributed by atoms with van der Waals surface area (Å²) in [7, 11) is 0. The fourth-order valence-electron chi connectivity index (χ4n) is 1.07. The molecule has 0 saturated heterocycles. The van der Waals surface area contributed by atoms with Gasteiger partial charge in [0.25, 0.3) is 0 Å². The number of halogens is 1. The highest BCUT2D eigenvalue weighted by atomic mass is 79.9. The smallest absolute Gasteiger partial charge is 0.407 e. The van der Waals surface area contributed by atoms with Gasteiger partial charge in [-0.1, -0.05) is 0 Å². The van der Waals surface area contributed by atoms with Crippen LogP contribution in [0.5, 0.6) is 5.88 Å². The van der Waals surface area contributed by atoms with Crippen LogP contribution in [0, 0.1) is 0 Å². The molecule has 100 valence electrons. The van der Waals surface area contributed by atoms with Gasteiger partial charge in [0.1, 0.15) is 12.2 Å². The van der Waals surface area contributed by atoms with E-state index in [-0.39, 0.29) is 0 Å². The Kier molecular flexibility index (Phi) is 5.40. The van der Waals surface area contributed by atoms with Crippen molar-refractivity contribution in [2.45, 2.75) is 26.4 Å². The number of aromatic nitrogens is 1. The van der Waals surface area contributed by atoms with Gasteiger partial charge in [0.2, 0.25) is 5.88 Å². The average molecular weight is 317 g/mol. The van der Waals surface area contributed by atoms with Gasteiger partial charge in [-0.3, -0.25) is 0 Å². The molecule has 0 bridgehead atoms. The molecule has 0 aliphatic rings. The number of carbonyl (C=O) groups is 1. The minimum Gasteiger partial charge on any atom is -0.476 e. The zero-order chi connectivity index (χ0) is 13.6. The normalized spacial score (nSPS) is 10.9. The topological polar surface area (TPSA) is 60.5 Å². The number of pyridine rings is 1. The summed E-state index contributed by atoms with van der Waals surface area (Å²) in [6.45, 7) is 6.15. The Balaban J connectivity index is 2.19. The first-order valence-corrected chi connectivity index (χ1v) is 6.37. The maximum atomic E-state index is 11.3. The van der Waals surface area contributed by atoms with Crippen molar-refractivity contribution >= 4 is 22.0 Å². The molecule has 1 N–H and O–H groups in total. The lowest BCUT2D eigenvalue weighted by Gasteiger charge is -2.19. The molecule has 0 aliphatic heterocycles. The van der Waals surface area contributed by atoms with Crippen molar-refractivity contribution in [3.8, 4) is 5.88 Å². The van der Waals surface area contributed by atoms with E-state index in [1.807, 2.05) is 26.8 Å². The van der Waals surface area contributed by atoms with Gasteiger partial charge >= 0.3 is 6.09 Å². The van der Waals surface area contributed by atoms with Crippen molar-refractivity contribution in [2.75, 3.05) is 13.2 Å². The standard InChI is InChI=1S/C12H17BrN2O3/c1-12(2,3)18-11(16)14-6-7-17-10-5-4-9(13)8-15-10/h4-5,8H,6-7H2,1-3H3,(H,14,16). The quantitative estimate of drug-likeness (QED) is 0.868. The molecule has 0 aliphatic carbocycles. The Hall–Kier alpha value is -1.30. The third-order valence-electron chi connectivity index (χ3n) is 1.72. The predicted molar refractivity (Wildman–Crippen MR) is 71.7 cm³/mol. The summed E-state index contributed by atoms with van der Waals surface area (Å²) in [4.78, 5) is 15.3. The molecule has 0 aromatic carbocycles. The maximum Gasteiger partial charge on any atom is 0.407 e. The van der Waals surface area contributed by atoms with Gasteiger partial charge in [0.05, 0.1) is 6.54 Å². The molecule has 1 aromatic heterocycles. The lowest BCUT2D eigenvalue weighted by atomic mass is 10.2. The van der Waals surface area contributed by atoms with Gasteiger partial charge in [-0.05, 0) is 42.8 Å². The molecule has 18 heavy (non-hydrogen) atoms. The van der Waals surface area contributed by atoms with Crippen LogP contribution in [0.3, 0.4) is 0 Å². The summed E-state index contributed by atoms with van der Waals surface area (Å²) in [5.41, 5.74) is -0.488. The van der Waals surface area contributed by atoms with E-state index in [1.54, 1.807) is 12.3 Å². The van der Waals surface area contributed by atoms with E-state index in [4.69, 9.17) is 9.47 Å². The van der Waals surface area contributed by atoms with Gasteiger partial charge in [0.15, 0.2) is 0 Å². The molecule has 1 heterocycles. The van der Waals surface area contributed by atoms with Crippen LogP contribution < -0.4 is 10.1 Å². The van der Waals surface area contributed by atoms with Crippen molar-refractivity contribution in [3.63, 3.8) is 0 Å². The van der Waals surface area contributed by atoms with E-state index in [0.717, 1.165) is 4.47 Å². The molecule has 6 heteroatoms. The second-order valence-corrected chi connectivity index (χ2v) is 5.51. The van der Waals surface area contributed by atoms with E-state index in [0.29, 0.717) is 19.0 Å². The molecule has 5 nitrogen and oxygen atoms in total. The first-order valence-electron chi connectivity index (χ1n) is 5.58. The second-order valence-electron chi connectivity index (χ2n) is 4.59. The molecular formula is C12H17BrN2O3. The first kappa shape index (κ1) is 14.8. The van der Waals surface area contributed by atoms with Crippen LogP contribution >= 0.6 is 15.9 Å². The van der Waals surface area contributed by atoms with Crippen LogP contribution in [-0.2, 0) is 4.74 Å². The number of amides is 1. The fraction of sp³-hybridized carbons (Fsp3) is 0.500. The van der Waals surface area contributed by atoms with Gasteiger partial charge < -0.3 is 14.8 Å². The van der Waals surface area contributed by atoms with Gasteiger partial charge in [-0.2, -0.15) is 0 Å². The van der Waals surface area contributed by atoms with E-state index >= 15 is 0 Å². The van der Waals surface area contributed by atoms with Crippen molar-refractivity contribution in [3.05, 3.63) is 22.8 Å². The number of alkyl carbamates (subject to hydrolysis) is 1. The lowest BCUT2D eigenvalue weighted by Crippen LogP contribution is -2.34. The number of rotatable bonds is 4. The molecular weight excluding hydrogens is 300 g/mol. The third-order valence-corrected chi connectivity index (χ3v) is 2.19. The number of carbonyl (C=O) groups excluding carboxylic acids is 1. The summed E-state index contributed by atoms with van der Waals surface area (Å²) in [6.07, 6.45) is 1.20. The van der Waals surface area contributed by atoms with E-state index in [1.165, 1.54) is 0 Å². The Labute approximate surface area is 115 Å². The Morgan fingerprint density at radius 3 is 2.72 bits per heavy atom.